The first-order valence-corrected chi connectivity index (χ1v) is 7.15. The number of nitrogens with zero attached hydrogens (tertiary/aromatic N) is 1. The maximum absolute atomic E-state index is 13.4. The van der Waals surface area contributed by atoms with Gasteiger partial charge in [-0.1, -0.05) is 30.3 Å². The van der Waals surface area contributed by atoms with E-state index in [0.717, 1.165) is 6.07 Å². The smallest absolute Gasteiger partial charge is 0.450 e. The average Bonchev–Trinajstić information content (AvgIpc) is 2.59. The highest BCUT2D eigenvalue weighted by atomic mass is 19.4. The first-order chi connectivity index (χ1) is 11.9. The van der Waals surface area contributed by atoms with E-state index in [2.05, 4.69) is 0 Å². The maximum Gasteiger partial charge on any atom is 0.450 e. The molecule has 4 nitrogen and oxygen atoms in total. The van der Waals surface area contributed by atoms with Gasteiger partial charge in [-0.15, -0.1) is 0 Å². The number of nitriles is 1. The minimum Gasteiger partial charge on any atom is -0.479 e. The van der Waals surface area contributed by atoms with E-state index < -0.39 is 22.9 Å². The van der Waals surface area contributed by atoms with Gasteiger partial charge < -0.3 is 9.15 Å². The monoisotopic (exact) mass is 345 g/mol. The normalized spacial score (nSPS) is 11.3. The van der Waals surface area contributed by atoms with E-state index in [1.807, 2.05) is 0 Å². The molecular weight excluding hydrogens is 335 g/mol. The number of fused-ring (bicyclic) bond motifs is 1. The number of hydrogen-bond donors (Lipinski definition) is 0. The molecule has 1 heterocycles. The van der Waals surface area contributed by atoms with Crippen molar-refractivity contribution in [3.63, 3.8) is 0 Å². The van der Waals surface area contributed by atoms with Crippen LogP contribution >= 0.6 is 0 Å². The Bertz CT molecular complexity index is 1020. The van der Waals surface area contributed by atoms with Crippen LogP contribution in [0, 0.1) is 11.3 Å². The van der Waals surface area contributed by atoms with Crippen LogP contribution in [-0.4, -0.2) is 6.61 Å². The number of hydrogen-bond acceptors (Lipinski definition) is 4. The van der Waals surface area contributed by atoms with E-state index in [1.54, 1.807) is 12.1 Å². The largest absolute Gasteiger partial charge is 0.479 e. The fourth-order valence-corrected chi connectivity index (χ4v) is 2.45. The van der Waals surface area contributed by atoms with Crippen LogP contribution in [0.1, 0.15) is 5.76 Å². The fraction of sp³-hybridized carbons (Fsp3) is 0.111. The second-order valence-corrected chi connectivity index (χ2v) is 5.10. The molecule has 0 spiro atoms. The first-order valence-electron chi connectivity index (χ1n) is 7.15. The highest BCUT2D eigenvalue weighted by Crippen LogP contribution is 2.37. The van der Waals surface area contributed by atoms with Gasteiger partial charge in [0.05, 0.1) is 10.9 Å². The molecule has 2 aromatic carbocycles. The standard InChI is InChI=1S/C18H10F3NO3/c19-18(20,21)17-15(11-4-2-1-3-5-11)16(23)13-7-6-12(24-9-8-22)10-14(13)25-17/h1-7,10H,9H2. The van der Waals surface area contributed by atoms with Gasteiger partial charge in [-0.3, -0.25) is 4.79 Å². The predicted octanol–water partition coefficient (Wildman–Crippen LogP) is 4.38. The Morgan fingerprint density at radius 3 is 2.48 bits per heavy atom. The van der Waals surface area contributed by atoms with Crippen LogP contribution in [0.25, 0.3) is 22.1 Å². The van der Waals surface area contributed by atoms with E-state index in [1.165, 1.54) is 36.4 Å². The Morgan fingerprint density at radius 1 is 1.12 bits per heavy atom. The van der Waals surface area contributed by atoms with Crippen LogP contribution in [-0.2, 0) is 6.18 Å². The molecular formula is C18H10F3NO3. The Balaban J connectivity index is 2.31. The van der Waals surface area contributed by atoms with Gasteiger partial charge >= 0.3 is 6.18 Å². The molecule has 7 heteroatoms. The van der Waals surface area contributed by atoms with Crippen molar-refractivity contribution in [2.45, 2.75) is 6.18 Å². The van der Waals surface area contributed by atoms with Gasteiger partial charge in [0.2, 0.25) is 11.2 Å². The summed E-state index contributed by atoms with van der Waals surface area (Å²) in [6.45, 7) is -0.274. The summed E-state index contributed by atoms with van der Waals surface area (Å²) in [5.41, 5.74) is -1.46. The summed E-state index contributed by atoms with van der Waals surface area (Å²) in [6, 6.07) is 13.2. The van der Waals surface area contributed by atoms with E-state index in [0.29, 0.717) is 0 Å². The molecule has 3 rings (SSSR count). The summed E-state index contributed by atoms with van der Waals surface area (Å²) in [6.07, 6.45) is -4.85. The minimum atomic E-state index is -4.85. The Morgan fingerprint density at radius 2 is 1.84 bits per heavy atom. The van der Waals surface area contributed by atoms with E-state index >= 15 is 0 Å². The van der Waals surface area contributed by atoms with Crippen LogP contribution < -0.4 is 10.2 Å². The van der Waals surface area contributed by atoms with E-state index in [9.17, 15) is 18.0 Å². The lowest BCUT2D eigenvalue weighted by Gasteiger charge is -2.13. The molecule has 0 radical (unpaired) electrons. The molecule has 3 aromatic rings. The number of alkyl halides is 3. The minimum absolute atomic E-state index is 0.00355. The van der Waals surface area contributed by atoms with Crippen LogP contribution in [0.5, 0.6) is 5.75 Å². The Labute approximate surface area is 139 Å². The SMILES string of the molecule is N#CCOc1ccc2c(=O)c(-c3ccccc3)c(C(F)(F)F)oc2c1. The molecule has 0 aliphatic rings. The maximum atomic E-state index is 13.4. The van der Waals surface area contributed by atoms with Crippen LogP contribution in [0.3, 0.4) is 0 Å². The zero-order chi connectivity index (χ0) is 18.0. The van der Waals surface area contributed by atoms with Crippen molar-refractivity contribution in [1.82, 2.24) is 0 Å². The topological polar surface area (TPSA) is 63.2 Å². The summed E-state index contributed by atoms with van der Waals surface area (Å²) in [5.74, 6) is -1.23. The van der Waals surface area contributed by atoms with Crippen molar-refractivity contribution in [2.24, 2.45) is 0 Å². The van der Waals surface area contributed by atoms with Gasteiger partial charge in [-0.2, -0.15) is 18.4 Å². The molecule has 25 heavy (non-hydrogen) atoms. The van der Waals surface area contributed by atoms with Gasteiger partial charge in [0, 0.05) is 6.07 Å². The second-order valence-electron chi connectivity index (χ2n) is 5.10. The summed E-state index contributed by atoms with van der Waals surface area (Å²) in [7, 11) is 0. The molecule has 0 unspecified atom stereocenters. The lowest BCUT2D eigenvalue weighted by Crippen LogP contribution is -2.16. The summed E-state index contributed by atoms with van der Waals surface area (Å²) in [5, 5.41) is 8.50. The quantitative estimate of drug-likeness (QED) is 0.707. The molecule has 0 bridgehead atoms. The number of benzene rings is 2. The van der Waals surface area contributed by atoms with Crippen LogP contribution in [0.2, 0.25) is 0 Å². The van der Waals surface area contributed by atoms with Crippen molar-refractivity contribution >= 4 is 11.0 Å². The third-order valence-electron chi connectivity index (χ3n) is 3.49. The molecule has 0 amide bonds. The summed E-state index contributed by atoms with van der Waals surface area (Å²) >= 11 is 0. The molecule has 0 atom stereocenters. The van der Waals surface area contributed by atoms with Gasteiger partial charge in [0.25, 0.3) is 0 Å². The Kier molecular flexibility index (Phi) is 4.19. The number of halogens is 3. The third-order valence-corrected chi connectivity index (χ3v) is 3.49. The van der Waals surface area contributed by atoms with Gasteiger partial charge in [-0.05, 0) is 17.7 Å². The molecule has 0 fully saturated rings. The fourth-order valence-electron chi connectivity index (χ4n) is 2.45. The molecule has 0 saturated carbocycles. The Hall–Kier alpha value is -3.27. The van der Waals surface area contributed by atoms with Crippen molar-refractivity contribution < 1.29 is 22.3 Å². The molecule has 0 N–H and O–H groups in total. The predicted molar refractivity (Wildman–Crippen MR) is 84.0 cm³/mol. The highest BCUT2D eigenvalue weighted by molar-refractivity contribution is 5.84. The van der Waals surface area contributed by atoms with Crippen molar-refractivity contribution in [1.29, 1.82) is 5.26 Å². The summed E-state index contributed by atoms with van der Waals surface area (Å²) < 4.78 is 50.4. The lowest BCUT2D eigenvalue weighted by molar-refractivity contribution is -0.152. The lowest BCUT2D eigenvalue weighted by atomic mass is 10.0. The van der Waals surface area contributed by atoms with Gasteiger partial charge in [0.15, 0.2) is 6.61 Å². The summed E-state index contributed by atoms with van der Waals surface area (Å²) in [4.78, 5) is 12.7. The van der Waals surface area contributed by atoms with Gasteiger partial charge in [-0.25, -0.2) is 0 Å². The highest BCUT2D eigenvalue weighted by Gasteiger charge is 2.39. The van der Waals surface area contributed by atoms with Crippen LogP contribution in [0.15, 0.2) is 57.7 Å². The molecule has 0 aliphatic carbocycles. The number of rotatable bonds is 3. The molecule has 126 valence electrons. The third kappa shape index (κ3) is 3.19. The molecule has 0 aliphatic heterocycles. The van der Waals surface area contributed by atoms with Crippen molar-refractivity contribution in [3.8, 4) is 22.9 Å². The van der Waals surface area contributed by atoms with Crippen molar-refractivity contribution in [3.05, 3.63) is 64.5 Å². The zero-order valence-corrected chi connectivity index (χ0v) is 12.6. The average molecular weight is 345 g/mol. The van der Waals surface area contributed by atoms with Gasteiger partial charge in [0.1, 0.15) is 17.4 Å². The first kappa shape index (κ1) is 16.6. The van der Waals surface area contributed by atoms with Crippen molar-refractivity contribution in [2.75, 3.05) is 6.61 Å². The van der Waals surface area contributed by atoms with Crippen LogP contribution in [0.4, 0.5) is 13.2 Å². The molecule has 0 saturated heterocycles. The zero-order valence-electron chi connectivity index (χ0n) is 12.6. The second kappa shape index (κ2) is 6.32. The van der Waals surface area contributed by atoms with E-state index in [-0.39, 0.29) is 28.9 Å². The number of ether oxygens (including phenoxy) is 1. The molecule has 1 aromatic heterocycles. The van der Waals surface area contributed by atoms with E-state index in [4.69, 9.17) is 14.4 Å².